The molecule has 2 aromatic carbocycles. The van der Waals surface area contributed by atoms with Crippen LogP contribution in [-0.2, 0) is 19.3 Å². The highest BCUT2D eigenvalue weighted by atomic mass is 32.2. The van der Waals surface area contributed by atoms with Crippen LogP contribution in [0, 0.1) is 5.92 Å². The zero-order chi connectivity index (χ0) is 18.5. The summed E-state index contributed by atoms with van der Waals surface area (Å²) < 4.78 is 3.53. The highest BCUT2D eigenvalue weighted by Crippen LogP contribution is 2.34. The fraction of sp³-hybridized carbons (Fsp3) is 0.500. The van der Waals surface area contributed by atoms with Gasteiger partial charge in [0.1, 0.15) is 0 Å². The zero-order valence-corrected chi connectivity index (χ0v) is 17.0. The third-order valence-electron chi connectivity index (χ3n) is 6.03. The van der Waals surface area contributed by atoms with Crippen molar-refractivity contribution in [3.63, 3.8) is 0 Å². The van der Waals surface area contributed by atoms with E-state index in [0.29, 0.717) is 5.92 Å². The largest absolute Gasteiger partial charge is 0.327 e. The average Bonchev–Trinajstić information content (AvgIpc) is 3.52. The van der Waals surface area contributed by atoms with Crippen LogP contribution in [0.4, 0.5) is 0 Å². The third-order valence-corrected chi connectivity index (χ3v) is 7.08. The van der Waals surface area contributed by atoms with Crippen molar-refractivity contribution in [1.29, 1.82) is 0 Å². The minimum Gasteiger partial charge on any atom is -0.327 e. The maximum Gasteiger partial charge on any atom is 0.0114 e. The molecular formula is C24H32N2S. The zero-order valence-electron chi connectivity index (χ0n) is 16.2. The van der Waals surface area contributed by atoms with Gasteiger partial charge in [0.15, 0.2) is 0 Å². The van der Waals surface area contributed by atoms with Crippen molar-refractivity contribution in [2.75, 3.05) is 12.3 Å². The molecule has 27 heavy (non-hydrogen) atoms. The first-order chi connectivity index (χ1) is 13.3. The fourth-order valence-corrected chi connectivity index (χ4v) is 5.13. The van der Waals surface area contributed by atoms with E-state index >= 15 is 0 Å². The molecule has 0 amide bonds. The highest BCUT2D eigenvalue weighted by molar-refractivity contribution is 7.97. The first-order valence-corrected chi connectivity index (χ1v) is 11.5. The first kappa shape index (κ1) is 19.0. The van der Waals surface area contributed by atoms with Gasteiger partial charge in [0.05, 0.1) is 0 Å². The van der Waals surface area contributed by atoms with Crippen LogP contribution in [0.3, 0.4) is 0 Å². The molecule has 0 radical (unpaired) electrons. The molecule has 144 valence electrons. The summed E-state index contributed by atoms with van der Waals surface area (Å²) in [6.45, 7) is 1.10. The number of hydrogen-bond acceptors (Lipinski definition) is 3. The maximum absolute atomic E-state index is 6.56. The fourth-order valence-electron chi connectivity index (χ4n) is 4.15. The van der Waals surface area contributed by atoms with Gasteiger partial charge >= 0.3 is 0 Å². The summed E-state index contributed by atoms with van der Waals surface area (Å²) in [7, 11) is 0. The Bertz CT molecular complexity index is 726. The standard InChI is InChI=1S/C24H32N2S/c25-24-13-12-21-11-10-19(7-4-14-26-27-17-20-8-9-20)15-22(21)23(24)16-18-5-2-1-3-6-18/h1-3,5-6,10-11,15,20,23-24,26H,4,7-9,12-14,16-17,25H2. The van der Waals surface area contributed by atoms with Crippen molar-refractivity contribution in [1.82, 2.24) is 4.72 Å². The Morgan fingerprint density at radius 1 is 1.00 bits per heavy atom. The third kappa shape index (κ3) is 5.37. The van der Waals surface area contributed by atoms with Crippen molar-refractivity contribution in [3.8, 4) is 0 Å². The van der Waals surface area contributed by atoms with Gasteiger partial charge in [-0.2, -0.15) is 0 Å². The summed E-state index contributed by atoms with van der Waals surface area (Å²) in [6.07, 6.45) is 8.51. The van der Waals surface area contributed by atoms with E-state index in [1.165, 1.54) is 47.3 Å². The topological polar surface area (TPSA) is 38.0 Å². The molecule has 3 N–H and O–H groups in total. The van der Waals surface area contributed by atoms with E-state index in [1.54, 1.807) is 0 Å². The average molecular weight is 381 g/mol. The lowest BCUT2D eigenvalue weighted by molar-refractivity contribution is 0.467. The van der Waals surface area contributed by atoms with Crippen molar-refractivity contribution in [3.05, 3.63) is 70.8 Å². The lowest BCUT2D eigenvalue weighted by Crippen LogP contribution is -2.34. The lowest BCUT2D eigenvalue weighted by Gasteiger charge is -2.32. The van der Waals surface area contributed by atoms with Crippen LogP contribution in [0.5, 0.6) is 0 Å². The van der Waals surface area contributed by atoms with Gasteiger partial charge in [-0.3, -0.25) is 4.72 Å². The number of benzene rings is 2. The predicted octanol–water partition coefficient (Wildman–Crippen LogP) is 4.87. The molecule has 2 aliphatic carbocycles. The Morgan fingerprint density at radius 3 is 2.67 bits per heavy atom. The molecule has 4 rings (SSSR count). The molecule has 0 heterocycles. The smallest absolute Gasteiger partial charge is 0.0114 e. The minimum atomic E-state index is 0.272. The molecule has 2 nitrogen and oxygen atoms in total. The van der Waals surface area contributed by atoms with Crippen molar-refractivity contribution in [2.45, 2.75) is 56.9 Å². The summed E-state index contributed by atoms with van der Waals surface area (Å²) >= 11 is 1.92. The van der Waals surface area contributed by atoms with Gasteiger partial charge < -0.3 is 5.73 Å². The number of hydrogen-bond donors (Lipinski definition) is 2. The van der Waals surface area contributed by atoms with Crippen LogP contribution >= 0.6 is 11.9 Å². The van der Waals surface area contributed by atoms with Gasteiger partial charge in [0.2, 0.25) is 0 Å². The summed E-state index contributed by atoms with van der Waals surface area (Å²) in [6, 6.07) is 18.3. The van der Waals surface area contributed by atoms with E-state index in [2.05, 4.69) is 53.3 Å². The Hall–Kier alpha value is -1.29. The van der Waals surface area contributed by atoms with E-state index in [9.17, 15) is 0 Å². The first-order valence-electron chi connectivity index (χ1n) is 10.6. The second kappa shape index (κ2) is 9.27. The van der Waals surface area contributed by atoms with E-state index in [4.69, 9.17) is 5.73 Å². The van der Waals surface area contributed by atoms with Crippen LogP contribution in [0.15, 0.2) is 48.5 Å². The van der Waals surface area contributed by atoms with Gasteiger partial charge in [-0.1, -0.05) is 60.5 Å². The number of aryl methyl sites for hydroxylation is 2. The van der Waals surface area contributed by atoms with E-state index in [1.807, 2.05) is 11.9 Å². The van der Waals surface area contributed by atoms with Gasteiger partial charge in [-0.15, -0.1) is 0 Å². The van der Waals surface area contributed by atoms with Crippen LogP contribution in [0.25, 0.3) is 0 Å². The molecule has 2 aliphatic rings. The molecule has 0 aromatic heterocycles. The number of nitrogens with two attached hydrogens (primary N) is 1. The summed E-state index contributed by atoms with van der Waals surface area (Å²) in [5, 5.41) is 0. The second-order valence-electron chi connectivity index (χ2n) is 8.28. The Balaban J connectivity index is 1.36. The number of nitrogens with one attached hydrogen (secondary N) is 1. The second-order valence-corrected chi connectivity index (χ2v) is 9.19. The molecule has 2 atom stereocenters. The van der Waals surface area contributed by atoms with Crippen molar-refractivity contribution >= 4 is 11.9 Å². The monoisotopic (exact) mass is 380 g/mol. The highest BCUT2D eigenvalue weighted by Gasteiger charge is 2.27. The van der Waals surface area contributed by atoms with Crippen LogP contribution in [-0.4, -0.2) is 18.3 Å². The minimum absolute atomic E-state index is 0.272. The molecule has 2 unspecified atom stereocenters. The van der Waals surface area contributed by atoms with E-state index in [0.717, 1.165) is 38.1 Å². The van der Waals surface area contributed by atoms with Gasteiger partial charge in [-0.05, 0) is 73.1 Å². The van der Waals surface area contributed by atoms with E-state index in [-0.39, 0.29) is 6.04 Å². The van der Waals surface area contributed by atoms with Crippen LogP contribution < -0.4 is 10.5 Å². The predicted molar refractivity (Wildman–Crippen MR) is 117 cm³/mol. The Kier molecular flexibility index (Phi) is 6.54. The molecule has 1 fully saturated rings. The molecule has 0 spiro atoms. The molecule has 0 bridgehead atoms. The summed E-state index contributed by atoms with van der Waals surface area (Å²) in [5.74, 6) is 2.73. The molecule has 0 aliphatic heterocycles. The normalized spacial score (nSPS) is 21.8. The molecular weight excluding hydrogens is 348 g/mol. The van der Waals surface area contributed by atoms with E-state index < -0.39 is 0 Å². The maximum atomic E-state index is 6.56. The van der Waals surface area contributed by atoms with Gasteiger partial charge in [0.25, 0.3) is 0 Å². The van der Waals surface area contributed by atoms with Crippen LogP contribution in [0.1, 0.15) is 53.9 Å². The quantitative estimate of drug-likeness (QED) is 0.482. The number of rotatable bonds is 9. The Morgan fingerprint density at radius 2 is 1.85 bits per heavy atom. The lowest BCUT2D eigenvalue weighted by atomic mass is 9.76. The summed E-state index contributed by atoms with van der Waals surface area (Å²) in [5.41, 5.74) is 12.4. The van der Waals surface area contributed by atoms with Crippen LogP contribution in [0.2, 0.25) is 0 Å². The SMILES string of the molecule is NC1CCc2ccc(CCCNSCC3CC3)cc2C1Cc1ccccc1. The molecule has 0 saturated heterocycles. The molecule has 2 aromatic rings. The molecule has 3 heteroatoms. The molecule has 1 saturated carbocycles. The van der Waals surface area contributed by atoms with Crippen molar-refractivity contribution in [2.24, 2.45) is 11.7 Å². The Labute approximate surface area is 168 Å². The van der Waals surface area contributed by atoms with Gasteiger partial charge in [-0.25, -0.2) is 0 Å². The van der Waals surface area contributed by atoms with Gasteiger partial charge in [0, 0.05) is 24.3 Å². The number of fused-ring (bicyclic) bond motifs is 1. The summed E-state index contributed by atoms with van der Waals surface area (Å²) in [4.78, 5) is 0. The van der Waals surface area contributed by atoms with Crippen molar-refractivity contribution < 1.29 is 0 Å².